The van der Waals surface area contributed by atoms with Gasteiger partial charge in [0.25, 0.3) is 0 Å². The van der Waals surface area contributed by atoms with Gasteiger partial charge in [-0.15, -0.1) is 11.3 Å². The molecule has 0 amide bonds. The predicted molar refractivity (Wildman–Crippen MR) is 76.8 cm³/mol. The molecule has 0 aliphatic heterocycles. The number of rotatable bonds is 3. The number of hydrogen-bond acceptors (Lipinski definition) is 4. The number of fused-ring (bicyclic) bond motifs is 1. The van der Waals surface area contributed by atoms with E-state index in [4.69, 9.17) is 5.73 Å². The average molecular weight is 323 g/mol. The van der Waals surface area contributed by atoms with E-state index in [0.29, 0.717) is 6.54 Å². The second kappa shape index (κ2) is 4.79. The van der Waals surface area contributed by atoms with Crippen LogP contribution in [0.2, 0.25) is 0 Å². The fourth-order valence-electron chi connectivity index (χ4n) is 1.82. The Kier molecular flexibility index (Phi) is 3.15. The Morgan fingerprint density at radius 3 is 3.00 bits per heavy atom. The third-order valence-corrected chi connectivity index (χ3v) is 4.37. The van der Waals surface area contributed by atoms with Crippen LogP contribution in [0.15, 0.2) is 34.2 Å². The van der Waals surface area contributed by atoms with Gasteiger partial charge in [0, 0.05) is 16.3 Å². The monoisotopic (exact) mass is 322 g/mol. The van der Waals surface area contributed by atoms with Crippen molar-refractivity contribution in [3.05, 3.63) is 39.9 Å². The summed E-state index contributed by atoms with van der Waals surface area (Å²) in [6.45, 7) is 0.601. The highest BCUT2D eigenvalue weighted by Crippen LogP contribution is 2.28. The Morgan fingerprint density at radius 1 is 1.39 bits per heavy atom. The van der Waals surface area contributed by atoms with E-state index >= 15 is 0 Å². The van der Waals surface area contributed by atoms with Crippen molar-refractivity contribution in [2.75, 3.05) is 6.54 Å². The standard InChI is InChI=1S/C12H11BrN4S/c13-8-5-11(18-7-8)10-1-2-12-15-6-9(3-4-14)17(12)16-10/h1-2,5-7H,3-4,14H2. The molecule has 3 aromatic heterocycles. The minimum Gasteiger partial charge on any atom is -0.330 e. The van der Waals surface area contributed by atoms with Crippen LogP contribution in [-0.2, 0) is 6.42 Å². The van der Waals surface area contributed by atoms with Crippen LogP contribution in [0, 0.1) is 0 Å². The van der Waals surface area contributed by atoms with Crippen LogP contribution in [0.5, 0.6) is 0 Å². The van der Waals surface area contributed by atoms with Gasteiger partial charge in [0.1, 0.15) is 5.69 Å². The Hall–Kier alpha value is -1.24. The summed E-state index contributed by atoms with van der Waals surface area (Å²) in [6.07, 6.45) is 2.62. The lowest BCUT2D eigenvalue weighted by Crippen LogP contribution is -2.06. The van der Waals surface area contributed by atoms with E-state index in [2.05, 4.69) is 37.5 Å². The van der Waals surface area contributed by atoms with Crippen LogP contribution in [0.4, 0.5) is 0 Å². The van der Waals surface area contributed by atoms with Crippen LogP contribution < -0.4 is 5.73 Å². The molecule has 0 fully saturated rings. The fourth-order valence-corrected chi connectivity index (χ4v) is 3.21. The quantitative estimate of drug-likeness (QED) is 0.806. The first-order chi connectivity index (χ1) is 8.78. The summed E-state index contributed by atoms with van der Waals surface area (Å²) in [5.41, 5.74) is 8.45. The van der Waals surface area contributed by atoms with Crippen LogP contribution in [0.1, 0.15) is 5.69 Å². The van der Waals surface area contributed by atoms with Gasteiger partial charge in [0.15, 0.2) is 5.65 Å². The van der Waals surface area contributed by atoms with E-state index in [1.165, 1.54) is 0 Å². The first kappa shape index (κ1) is 11.8. The van der Waals surface area contributed by atoms with Gasteiger partial charge in [-0.3, -0.25) is 0 Å². The molecule has 0 aliphatic rings. The Balaban J connectivity index is 2.11. The first-order valence-corrected chi connectivity index (χ1v) is 7.23. The van der Waals surface area contributed by atoms with Crippen molar-refractivity contribution in [1.29, 1.82) is 0 Å². The third kappa shape index (κ3) is 2.07. The van der Waals surface area contributed by atoms with E-state index < -0.39 is 0 Å². The molecule has 0 saturated carbocycles. The van der Waals surface area contributed by atoms with E-state index in [0.717, 1.165) is 32.8 Å². The maximum absolute atomic E-state index is 5.59. The summed E-state index contributed by atoms with van der Waals surface area (Å²) in [5, 5.41) is 6.68. The highest BCUT2D eigenvalue weighted by atomic mass is 79.9. The molecular weight excluding hydrogens is 312 g/mol. The molecular formula is C12H11BrN4S. The average Bonchev–Trinajstić information content (AvgIpc) is 2.96. The van der Waals surface area contributed by atoms with E-state index in [9.17, 15) is 0 Å². The molecule has 3 rings (SSSR count). The molecule has 0 unspecified atom stereocenters. The van der Waals surface area contributed by atoms with E-state index in [1.54, 1.807) is 11.3 Å². The molecule has 0 atom stereocenters. The summed E-state index contributed by atoms with van der Waals surface area (Å²) in [6, 6.07) is 6.04. The molecule has 0 aliphatic carbocycles. The molecule has 0 bridgehead atoms. The van der Waals surface area contributed by atoms with Gasteiger partial charge in [0.2, 0.25) is 0 Å². The maximum atomic E-state index is 5.59. The van der Waals surface area contributed by atoms with Crippen molar-refractivity contribution in [2.45, 2.75) is 6.42 Å². The van der Waals surface area contributed by atoms with Gasteiger partial charge >= 0.3 is 0 Å². The zero-order chi connectivity index (χ0) is 12.5. The normalized spacial score (nSPS) is 11.2. The highest BCUT2D eigenvalue weighted by Gasteiger charge is 2.07. The second-order valence-corrected chi connectivity index (χ2v) is 5.73. The molecule has 0 saturated heterocycles. The summed E-state index contributed by atoms with van der Waals surface area (Å²) >= 11 is 5.12. The van der Waals surface area contributed by atoms with Crippen molar-refractivity contribution < 1.29 is 0 Å². The SMILES string of the molecule is NCCc1cnc2ccc(-c3cc(Br)cs3)nn12. The Bertz CT molecular complexity index is 688. The number of nitrogens with two attached hydrogens (primary N) is 1. The molecule has 2 N–H and O–H groups in total. The fraction of sp³-hybridized carbons (Fsp3) is 0.167. The summed E-state index contributed by atoms with van der Waals surface area (Å²) < 4.78 is 2.95. The topological polar surface area (TPSA) is 56.2 Å². The van der Waals surface area contributed by atoms with Gasteiger partial charge in [-0.05, 0) is 40.7 Å². The summed E-state index contributed by atoms with van der Waals surface area (Å²) in [4.78, 5) is 5.45. The Morgan fingerprint density at radius 2 is 2.28 bits per heavy atom. The van der Waals surface area contributed by atoms with Gasteiger partial charge in [-0.25, -0.2) is 9.50 Å². The number of nitrogens with zero attached hydrogens (tertiary/aromatic N) is 3. The highest BCUT2D eigenvalue weighted by molar-refractivity contribution is 9.10. The minimum atomic E-state index is 0.601. The molecule has 0 aromatic carbocycles. The van der Waals surface area contributed by atoms with Crippen molar-refractivity contribution in [3.63, 3.8) is 0 Å². The van der Waals surface area contributed by atoms with Crippen LogP contribution >= 0.6 is 27.3 Å². The molecule has 6 heteroatoms. The maximum Gasteiger partial charge on any atom is 0.153 e. The number of thiophene rings is 1. The van der Waals surface area contributed by atoms with Crippen LogP contribution in [-0.4, -0.2) is 21.1 Å². The molecule has 18 heavy (non-hydrogen) atoms. The second-order valence-electron chi connectivity index (χ2n) is 3.91. The summed E-state index contributed by atoms with van der Waals surface area (Å²) in [7, 11) is 0. The smallest absolute Gasteiger partial charge is 0.153 e. The van der Waals surface area contributed by atoms with Crippen molar-refractivity contribution in [1.82, 2.24) is 14.6 Å². The van der Waals surface area contributed by atoms with Gasteiger partial charge in [-0.1, -0.05) is 0 Å². The molecule has 4 nitrogen and oxygen atoms in total. The van der Waals surface area contributed by atoms with Crippen LogP contribution in [0.25, 0.3) is 16.2 Å². The zero-order valence-electron chi connectivity index (χ0n) is 9.51. The predicted octanol–water partition coefficient (Wildman–Crippen LogP) is 2.72. The van der Waals surface area contributed by atoms with Crippen LogP contribution in [0.3, 0.4) is 0 Å². The number of halogens is 1. The molecule has 3 heterocycles. The largest absolute Gasteiger partial charge is 0.330 e. The number of aromatic nitrogens is 3. The lowest BCUT2D eigenvalue weighted by atomic mass is 10.3. The molecule has 92 valence electrons. The molecule has 0 spiro atoms. The van der Waals surface area contributed by atoms with Crippen molar-refractivity contribution in [2.24, 2.45) is 5.73 Å². The first-order valence-electron chi connectivity index (χ1n) is 5.56. The minimum absolute atomic E-state index is 0.601. The third-order valence-electron chi connectivity index (χ3n) is 2.65. The van der Waals surface area contributed by atoms with E-state index in [-0.39, 0.29) is 0 Å². The molecule has 0 radical (unpaired) electrons. The number of imidazole rings is 1. The molecule has 3 aromatic rings. The van der Waals surface area contributed by atoms with Crippen molar-refractivity contribution >= 4 is 32.9 Å². The van der Waals surface area contributed by atoms with E-state index in [1.807, 2.05) is 22.8 Å². The van der Waals surface area contributed by atoms with Gasteiger partial charge in [0.05, 0.1) is 16.8 Å². The Labute approximate surface area is 117 Å². The van der Waals surface area contributed by atoms with Crippen molar-refractivity contribution in [3.8, 4) is 10.6 Å². The zero-order valence-corrected chi connectivity index (χ0v) is 11.9. The number of hydrogen-bond donors (Lipinski definition) is 1. The van der Waals surface area contributed by atoms with Gasteiger partial charge in [-0.2, -0.15) is 5.10 Å². The lowest BCUT2D eigenvalue weighted by Gasteiger charge is -2.01. The van der Waals surface area contributed by atoms with Gasteiger partial charge < -0.3 is 5.73 Å². The summed E-state index contributed by atoms with van der Waals surface area (Å²) in [5.74, 6) is 0. The lowest BCUT2D eigenvalue weighted by molar-refractivity contribution is 0.830.